The number of nitrogens with zero attached hydrogens (tertiary/aromatic N) is 1. The molecule has 1 aliphatic rings. The fourth-order valence-electron chi connectivity index (χ4n) is 1.93. The van der Waals surface area contributed by atoms with Gasteiger partial charge in [-0.05, 0) is 39.7 Å². The van der Waals surface area contributed by atoms with E-state index in [1.165, 1.54) is 0 Å². The van der Waals surface area contributed by atoms with Crippen LogP contribution in [0, 0.1) is 5.92 Å². The molecule has 0 aromatic carbocycles. The smallest absolute Gasteiger partial charge is 0.156 e. The minimum absolute atomic E-state index is 0.182. The second-order valence-electron chi connectivity index (χ2n) is 6.16. The maximum atomic E-state index is 12.0. The van der Waals surface area contributed by atoms with E-state index >= 15 is 0 Å². The zero-order valence-corrected chi connectivity index (χ0v) is 12.3. The highest BCUT2D eigenvalue weighted by Crippen LogP contribution is 2.18. The summed E-state index contributed by atoms with van der Waals surface area (Å²) in [6.45, 7) is 9.83. The molecule has 2 N–H and O–H groups in total. The molecule has 0 amide bonds. The third kappa shape index (κ3) is 3.93. The number of likely N-dealkylation sites (tertiary alicyclic amines) is 1. The van der Waals surface area contributed by atoms with E-state index in [2.05, 4.69) is 11.8 Å². The molecule has 2 unspecified atom stereocenters. The minimum Gasteiger partial charge on any atom is -0.326 e. The molecule has 1 saturated heterocycles. The van der Waals surface area contributed by atoms with Crippen LogP contribution >= 0.6 is 0 Å². The lowest BCUT2D eigenvalue weighted by atomic mass is 9.94. The lowest BCUT2D eigenvalue weighted by molar-refractivity contribution is 0.177. The molecular formula is C12H26N2O2S. The molecule has 1 heterocycles. The Morgan fingerprint density at radius 3 is 2.41 bits per heavy atom. The van der Waals surface area contributed by atoms with E-state index < -0.39 is 14.6 Å². The van der Waals surface area contributed by atoms with Gasteiger partial charge in [-0.2, -0.15) is 0 Å². The topological polar surface area (TPSA) is 63.4 Å². The summed E-state index contributed by atoms with van der Waals surface area (Å²) in [6.07, 6.45) is 1.07. The van der Waals surface area contributed by atoms with E-state index in [9.17, 15) is 8.42 Å². The van der Waals surface area contributed by atoms with Gasteiger partial charge in [-0.15, -0.1) is 0 Å². The molecule has 1 fully saturated rings. The molecule has 1 aliphatic heterocycles. The third-order valence-corrected chi connectivity index (χ3v) is 6.30. The summed E-state index contributed by atoms with van der Waals surface area (Å²) in [4.78, 5) is 2.17. The summed E-state index contributed by atoms with van der Waals surface area (Å²) in [5.74, 6) is 0.780. The first-order chi connectivity index (χ1) is 7.63. The highest BCUT2D eigenvalue weighted by molar-refractivity contribution is 7.92. The lowest BCUT2D eigenvalue weighted by Crippen LogP contribution is -2.49. The second kappa shape index (κ2) is 5.24. The minimum atomic E-state index is -3.01. The number of nitrogens with two attached hydrogens (primary N) is 1. The molecule has 0 bridgehead atoms. The van der Waals surface area contributed by atoms with Gasteiger partial charge in [0.05, 0.1) is 10.5 Å². The predicted molar refractivity (Wildman–Crippen MR) is 71.7 cm³/mol. The van der Waals surface area contributed by atoms with E-state index in [0.717, 1.165) is 19.5 Å². The molecule has 1 rings (SSSR count). The molecule has 0 aromatic rings. The van der Waals surface area contributed by atoms with Crippen LogP contribution in [0.4, 0.5) is 0 Å². The average Bonchev–Trinajstić information content (AvgIpc) is 2.18. The van der Waals surface area contributed by atoms with E-state index in [4.69, 9.17) is 5.73 Å². The monoisotopic (exact) mass is 262 g/mol. The van der Waals surface area contributed by atoms with Gasteiger partial charge in [0.1, 0.15) is 0 Å². The first-order valence-electron chi connectivity index (χ1n) is 6.34. The van der Waals surface area contributed by atoms with Crippen LogP contribution in [0.5, 0.6) is 0 Å². The van der Waals surface area contributed by atoms with Crippen LogP contribution < -0.4 is 5.73 Å². The van der Waals surface area contributed by atoms with E-state index in [0.29, 0.717) is 12.5 Å². The Kier molecular flexibility index (Phi) is 4.60. The zero-order valence-electron chi connectivity index (χ0n) is 11.4. The highest BCUT2D eigenvalue weighted by atomic mass is 32.2. The molecule has 5 heteroatoms. The number of piperidine rings is 1. The van der Waals surface area contributed by atoms with E-state index in [1.807, 2.05) is 0 Å². The maximum Gasteiger partial charge on any atom is 0.156 e. The number of rotatable bonds is 3. The Labute approximate surface area is 105 Å². The van der Waals surface area contributed by atoms with Crippen molar-refractivity contribution in [1.82, 2.24) is 4.90 Å². The van der Waals surface area contributed by atoms with Crippen molar-refractivity contribution in [2.24, 2.45) is 11.7 Å². The maximum absolute atomic E-state index is 12.0. The fourth-order valence-corrected chi connectivity index (χ4v) is 3.04. The molecule has 0 spiro atoms. The molecule has 0 saturated carbocycles. The van der Waals surface area contributed by atoms with Gasteiger partial charge >= 0.3 is 0 Å². The molecule has 0 aromatic heterocycles. The van der Waals surface area contributed by atoms with Crippen molar-refractivity contribution >= 4 is 9.84 Å². The van der Waals surface area contributed by atoms with Crippen molar-refractivity contribution in [2.45, 2.75) is 44.9 Å². The first-order valence-corrected chi connectivity index (χ1v) is 7.99. The number of hydrogen-bond acceptors (Lipinski definition) is 4. The van der Waals surface area contributed by atoms with Crippen molar-refractivity contribution in [1.29, 1.82) is 0 Å². The van der Waals surface area contributed by atoms with Gasteiger partial charge in [0, 0.05) is 19.1 Å². The van der Waals surface area contributed by atoms with Crippen LogP contribution in [-0.2, 0) is 9.84 Å². The van der Waals surface area contributed by atoms with Gasteiger partial charge in [0.2, 0.25) is 0 Å². The molecule has 2 atom stereocenters. The van der Waals surface area contributed by atoms with Crippen LogP contribution in [0.15, 0.2) is 0 Å². The Hall–Kier alpha value is -0.130. The molecule has 4 nitrogen and oxygen atoms in total. The van der Waals surface area contributed by atoms with Crippen molar-refractivity contribution in [2.75, 3.05) is 25.4 Å². The van der Waals surface area contributed by atoms with Gasteiger partial charge in [-0.25, -0.2) is 8.42 Å². The van der Waals surface area contributed by atoms with Gasteiger partial charge in [-0.1, -0.05) is 6.92 Å². The average molecular weight is 262 g/mol. The SMILES string of the molecule is CC1CCN(CCS(=O)(=O)C(C)(C)C)CC1N. The highest BCUT2D eigenvalue weighted by Gasteiger charge is 2.30. The van der Waals surface area contributed by atoms with Gasteiger partial charge in [0.25, 0.3) is 0 Å². The molecule has 102 valence electrons. The quantitative estimate of drug-likeness (QED) is 0.820. The van der Waals surface area contributed by atoms with Crippen molar-refractivity contribution in [3.63, 3.8) is 0 Å². The molecular weight excluding hydrogens is 236 g/mol. The summed E-state index contributed by atoms with van der Waals surface area (Å²) in [5, 5.41) is 0. The van der Waals surface area contributed by atoms with Crippen molar-refractivity contribution in [3.05, 3.63) is 0 Å². The molecule has 0 radical (unpaired) electrons. The van der Waals surface area contributed by atoms with Gasteiger partial charge in [-0.3, -0.25) is 0 Å². The summed E-state index contributed by atoms with van der Waals surface area (Å²) in [5.41, 5.74) is 6.00. The summed E-state index contributed by atoms with van der Waals surface area (Å²) < 4.78 is 23.3. The first kappa shape index (κ1) is 14.9. The zero-order chi connectivity index (χ0) is 13.3. The van der Waals surface area contributed by atoms with E-state index in [1.54, 1.807) is 20.8 Å². The van der Waals surface area contributed by atoms with Crippen LogP contribution in [0.2, 0.25) is 0 Å². The summed E-state index contributed by atoms with van der Waals surface area (Å²) >= 11 is 0. The third-order valence-electron chi connectivity index (χ3n) is 3.71. The number of hydrogen-bond donors (Lipinski definition) is 1. The van der Waals surface area contributed by atoms with Gasteiger partial charge < -0.3 is 10.6 Å². The Balaban J connectivity index is 2.47. The largest absolute Gasteiger partial charge is 0.326 e. The fraction of sp³-hybridized carbons (Fsp3) is 1.00. The predicted octanol–water partition coefficient (Wildman–Crippen LogP) is 0.869. The Morgan fingerprint density at radius 1 is 1.35 bits per heavy atom. The molecule has 0 aliphatic carbocycles. The molecule has 17 heavy (non-hydrogen) atoms. The normalized spacial score (nSPS) is 28.3. The van der Waals surface area contributed by atoms with Crippen molar-refractivity contribution < 1.29 is 8.42 Å². The number of sulfone groups is 1. The van der Waals surface area contributed by atoms with Crippen molar-refractivity contribution in [3.8, 4) is 0 Å². The van der Waals surface area contributed by atoms with Gasteiger partial charge in [0.15, 0.2) is 9.84 Å². The van der Waals surface area contributed by atoms with Crippen LogP contribution in [0.3, 0.4) is 0 Å². The summed E-state index contributed by atoms with van der Waals surface area (Å²) in [6, 6.07) is 0.182. The van der Waals surface area contributed by atoms with Crippen LogP contribution in [0.25, 0.3) is 0 Å². The Morgan fingerprint density at radius 2 is 1.94 bits per heavy atom. The van der Waals surface area contributed by atoms with E-state index in [-0.39, 0.29) is 11.8 Å². The van der Waals surface area contributed by atoms with Crippen LogP contribution in [0.1, 0.15) is 34.1 Å². The van der Waals surface area contributed by atoms with Crippen LogP contribution in [-0.4, -0.2) is 49.5 Å². The Bertz CT molecular complexity index is 346. The standard InChI is InChI=1S/C12H26N2O2S/c1-10-5-6-14(9-11(10)13)7-8-17(15,16)12(2,3)4/h10-11H,5-9,13H2,1-4H3. The summed E-state index contributed by atoms with van der Waals surface area (Å²) in [7, 11) is -3.01. The second-order valence-corrected chi connectivity index (χ2v) is 9.02. The lowest BCUT2D eigenvalue weighted by Gasteiger charge is -2.35.